The Morgan fingerprint density at radius 1 is 1.07 bits per heavy atom. The van der Waals surface area contributed by atoms with Crippen LogP contribution >= 0.6 is 0 Å². The van der Waals surface area contributed by atoms with Gasteiger partial charge in [0.1, 0.15) is 0 Å². The molecule has 0 aliphatic heterocycles. The minimum Gasteiger partial charge on any atom is -0.478 e. The van der Waals surface area contributed by atoms with Crippen molar-refractivity contribution in [2.75, 3.05) is 0 Å². The Morgan fingerprint density at radius 3 is 2.45 bits per heavy atom. The van der Waals surface area contributed by atoms with Crippen molar-refractivity contribution in [2.45, 2.75) is 26.9 Å². The number of aryl methyl sites for hydroxylation is 1. The molecule has 0 aliphatic carbocycles. The number of rotatable bonds is 5. The molecule has 2 N–H and O–H groups in total. The highest BCUT2D eigenvalue weighted by molar-refractivity contribution is 5.96. The molecule has 0 radical (unpaired) electrons. The van der Waals surface area contributed by atoms with E-state index in [2.05, 4.69) is 16.0 Å². The fourth-order valence-corrected chi connectivity index (χ4v) is 2.65. The first-order valence-corrected chi connectivity index (χ1v) is 9.00. The van der Waals surface area contributed by atoms with E-state index < -0.39 is 23.7 Å². The van der Waals surface area contributed by atoms with Gasteiger partial charge in [-0.25, -0.2) is 9.07 Å². The zero-order chi connectivity index (χ0) is 21.0. The zero-order valence-electron chi connectivity index (χ0n) is 16.3. The number of hydrogen-bond donors (Lipinski definition) is 2. The molecule has 0 bridgehead atoms. The lowest BCUT2D eigenvalue weighted by molar-refractivity contribution is -0.128. The summed E-state index contributed by atoms with van der Waals surface area (Å²) in [6, 6.07) is 13.5. The van der Waals surface area contributed by atoms with Crippen LogP contribution in [0, 0.1) is 19.7 Å². The maximum absolute atomic E-state index is 13.6. The average molecular weight is 396 g/mol. The summed E-state index contributed by atoms with van der Waals surface area (Å²) in [6.07, 6.45) is 0.416. The first kappa shape index (κ1) is 20.1. The number of nitrogens with one attached hydrogen (secondary N) is 2. The number of hydrogen-bond acceptors (Lipinski definition) is 4. The number of carbonyl (C=O) groups is 2. The molecule has 7 nitrogen and oxygen atoms in total. The highest BCUT2D eigenvalue weighted by atomic mass is 19.1. The first-order chi connectivity index (χ1) is 13.9. The predicted octanol–water partition coefficient (Wildman–Crippen LogP) is 2.86. The van der Waals surface area contributed by atoms with Crippen molar-refractivity contribution in [1.29, 1.82) is 0 Å². The molecule has 3 rings (SSSR count). The van der Waals surface area contributed by atoms with Crippen LogP contribution in [0.4, 0.5) is 4.39 Å². The maximum Gasteiger partial charge on any atom is 0.279 e. The Balaban J connectivity index is 1.61. The normalized spacial score (nSPS) is 11.6. The number of ether oxygens (including phenoxy) is 1. The van der Waals surface area contributed by atoms with Crippen LogP contribution in [0.5, 0.6) is 5.75 Å². The highest BCUT2D eigenvalue weighted by Crippen LogP contribution is 2.17. The van der Waals surface area contributed by atoms with Crippen LogP contribution in [-0.4, -0.2) is 27.7 Å². The van der Waals surface area contributed by atoms with Crippen LogP contribution in [0.3, 0.4) is 0 Å². The smallest absolute Gasteiger partial charge is 0.279 e. The van der Waals surface area contributed by atoms with Gasteiger partial charge in [-0.05, 0) is 45.0 Å². The fraction of sp³-hybridized carbons (Fsp3) is 0.190. The van der Waals surface area contributed by atoms with Crippen molar-refractivity contribution < 1.29 is 18.7 Å². The van der Waals surface area contributed by atoms with E-state index in [9.17, 15) is 14.0 Å². The quantitative estimate of drug-likeness (QED) is 0.650. The van der Waals surface area contributed by atoms with Gasteiger partial charge in [0.05, 0.1) is 23.1 Å². The molecule has 1 atom stereocenters. The summed E-state index contributed by atoms with van der Waals surface area (Å²) in [4.78, 5) is 24.6. The second-order valence-corrected chi connectivity index (χ2v) is 6.52. The third-order valence-corrected chi connectivity index (χ3v) is 4.34. The number of para-hydroxylation sites is 1. The van der Waals surface area contributed by atoms with Crippen molar-refractivity contribution in [3.05, 3.63) is 77.4 Å². The Kier molecular flexibility index (Phi) is 5.92. The minimum atomic E-state index is -1.01. The van der Waals surface area contributed by atoms with Gasteiger partial charge >= 0.3 is 0 Å². The number of nitrogens with zero attached hydrogens (tertiary/aromatic N) is 2. The van der Waals surface area contributed by atoms with Gasteiger partial charge in [-0.1, -0.05) is 29.8 Å². The molecule has 0 unspecified atom stereocenters. The Bertz CT molecular complexity index is 1030. The van der Waals surface area contributed by atoms with E-state index in [1.54, 1.807) is 17.7 Å². The van der Waals surface area contributed by atoms with Crippen molar-refractivity contribution >= 4 is 11.8 Å². The summed E-state index contributed by atoms with van der Waals surface area (Å²) < 4.78 is 20.5. The summed E-state index contributed by atoms with van der Waals surface area (Å²) in [7, 11) is 0. The van der Waals surface area contributed by atoms with E-state index in [1.165, 1.54) is 31.3 Å². The molecule has 0 aliphatic rings. The molecule has 2 aromatic carbocycles. The van der Waals surface area contributed by atoms with E-state index in [1.807, 2.05) is 31.2 Å². The molecule has 8 heteroatoms. The summed E-state index contributed by atoms with van der Waals surface area (Å²) in [5, 5.41) is 4.24. The minimum absolute atomic E-state index is 0.0447. The van der Waals surface area contributed by atoms with Gasteiger partial charge in [0.15, 0.2) is 17.7 Å². The lowest BCUT2D eigenvalue weighted by Crippen LogP contribution is -2.47. The molecule has 1 aromatic heterocycles. The third kappa shape index (κ3) is 4.60. The Labute approximate surface area is 167 Å². The van der Waals surface area contributed by atoms with Crippen LogP contribution in [0.1, 0.15) is 28.5 Å². The van der Waals surface area contributed by atoms with Gasteiger partial charge in [0.2, 0.25) is 0 Å². The summed E-state index contributed by atoms with van der Waals surface area (Å²) in [5.41, 5.74) is 7.48. The van der Waals surface area contributed by atoms with Gasteiger partial charge < -0.3 is 4.74 Å². The van der Waals surface area contributed by atoms with E-state index >= 15 is 0 Å². The second kappa shape index (κ2) is 8.55. The first-order valence-electron chi connectivity index (χ1n) is 9.00. The highest BCUT2D eigenvalue weighted by Gasteiger charge is 2.19. The third-order valence-electron chi connectivity index (χ3n) is 4.34. The largest absolute Gasteiger partial charge is 0.478 e. The van der Waals surface area contributed by atoms with E-state index in [-0.39, 0.29) is 5.75 Å². The van der Waals surface area contributed by atoms with Crippen molar-refractivity contribution in [3.63, 3.8) is 0 Å². The number of halogens is 1. The number of hydrazine groups is 1. The molecule has 2 amide bonds. The molecule has 29 heavy (non-hydrogen) atoms. The lowest BCUT2D eigenvalue weighted by Gasteiger charge is -2.15. The molecule has 0 saturated carbocycles. The summed E-state index contributed by atoms with van der Waals surface area (Å²) >= 11 is 0. The van der Waals surface area contributed by atoms with Crippen molar-refractivity contribution in [3.8, 4) is 11.4 Å². The van der Waals surface area contributed by atoms with Crippen molar-refractivity contribution in [1.82, 2.24) is 20.6 Å². The Hall–Kier alpha value is -3.68. The number of benzene rings is 2. The van der Waals surface area contributed by atoms with E-state index in [0.717, 1.165) is 11.3 Å². The second-order valence-electron chi connectivity index (χ2n) is 6.52. The van der Waals surface area contributed by atoms with Gasteiger partial charge in [-0.15, -0.1) is 0 Å². The molecule has 0 spiro atoms. The molecular weight excluding hydrogens is 375 g/mol. The zero-order valence-corrected chi connectivity index (χ0v) is 16.3. The summed E-state index contributed by atoms with van der Waals surface area (Å²) in [6.45, 7) is 5.19. The molecule has 0 fully saturated rings. The standard InChI is InChI=1S/C21H21FN4O3/c1-13-8-10-16(11-9-13)26-14(2)17(12-23-26)21(28)25-24-20(27)15(3)29-19-7-5-4-6-18(19)22/h4-12,15H,1-3H3,(H,24,27)(H,25,28)/t15-/m1/s1. The van der Waals surface area contributed by atoms with Gasteiger partial charge in [-0.3, -0.25) is 20.4 Å². The van der Waals surface area contributed by atoms with E-state index in [4.69, 9.17) is 4.74 Å². The molecule has 150 valence electrons. The fourth-order valence-electron chi connectivity index (χ4n) is 2.65. The molecular formula is C21H21FN4O3. The number of amides is 2. The molecule has 3 aromatic rings. The van der Waals surface area contributed by atoms with Crippen LogP contribution in [0.15, 0.2) is 54.7 Å². The maximum atomic E-state index is 13.6. The van der Waals surface area contributed by atoms with Crippen molar-refractivity contribution in [2.24, 2.45) is 0 Å². The molecule has 0 saturated heterocycles. The van der Waals surface area contributed by atoms with Gasteiger partial charge in [0.25, 0.3) is 11.8 Å². The van der Waals surface area contributed by atoms with Crippen LogP contribution in [0.25, 0.3) is 5.69 Å². The Morgan fingerprint density at radius 2 is 1.76 bits per heavy atom. The predicted molar refractivity (Wildman–Crippen MR) is 105 cm³/mol. The van der Waals surface area contributed by atoms with Gasteiger partial charge in [-0.2, -0.15) is 5.10 Å². The lowest BCUT2D eigenvalue weighted by atomic mass is 10.2. The SMILES string of the molecule is Cc1ccc(-n2ncc(C(=O)NNC(=O)[C@@H](C)Oc3ccccc3F)c2C)cc1. The average Bonchev–Trinajstić information content (AvgIpc) is 3.09. The van der Waals surface area contributed by atoms with Crippen LogP contribution in [-0.2, 0) is 4.79 Å². The van der Waals surface area contributed by atoms with Gasteiger partial charge in [0, 0.05) is 0 Å². The topological polar surface area (TPSA) is 85.3 Å². The van der Waals surface area contributed by atoms with E-state index in [0.29, 0.717) is 11.3 Å². The number of carbonyl (C=O) groups excluding carboxylic acids is 2. The monoisotopic (exact) mass is 396 g/mol. The van der Waals surface area contributed by atoms with Crippen LogP contribution in [0.2, 0.25) is 0 Å². The molecule has 1 heterocycles. The summed E-state index contributed by atoms with van der Waals surface area (Å²) in [5.74, 6) is -1.76. The number of aromatic nitrogens is 2. The van der Waals surface area contributed by atoms with Crippen LogP contribution < -0.4 is 15.6 Å².